The van der Waals surface area contributed by atoms with Crippen LogP contribution in [0.5, 0.6) is 0 Å². The number of aliphatic hydroxyl groups is 1. The quantitative estimate of drug-likeness (QED) is 0.405. The van der Waals surface area contributed by atoms with Crippen LogP contribution in [0.4, 0.5) is 17.2 Å². The number of fused-ring (bicyclic) bond motifs is 6. The summed E-state index contributed by atoms with van der Waals surface area (Å²) in [6, 6.07) is 10.4. The molecule has 5 aliphatic rings. The molecular formula is C30H38N6O3S. The van der Waals surface area contributed by atoms with Gasteiger partial charge in [0, 0.05) is 61.4 Å². The summed E-state index contributed by atoms with van der Waals surface area (Å²) in [7, 11) is 0. The van der Waals surface area contributed by atoms with E-state index in [0.29, 0.717) is 18.4 Å². The van der Waals surface area contributed by atoms with Crippen LogP contribution >= 0.6 is 11.9 Å². The summed E-state index contributed by atoms with van der Waals surface area (Å²) in [5, 5.41) is 20.7. The van der Waals surface area contributed by atoms with Crippen molar-refractivity contribution in [3.8, 4) is 22.9 Å². The van der Waals surface area contributed by atoms with Gasteiger partial charge in [0.05, 0.1) is 23.5 Å². The van der Waals surface area contributed by atoms with Crippen LogP contribution < -0.4 is 14.5 Å². The lowest BCUT2D eigenvalue weighted by Crippen LogP contribution is -2.41. The molecule has 8 rings (SSSR count). The highest BCUT2D eigenvalue weighted by molar-refractivity contribution is 8.01. The van der Waals surface area contributed by atoms with Gasteiger partial charge in [0.25, 0.3) is 0 Å². The van der Waals surface area contributed by atoms with E-state index in [2.05, 4.69) is 47.9 Å². The van der Waals surface area contributed by atoms with Crippen LogP contribution in [0.1, 0.15) is 51.4 Å². The second-order valence-corrected chi connectivity index (χ2v) is 12.7. The second-order valence-electron chi connectivity index (χ2n) is 11.6. The molecule has 6 heterocycles. The molecular weight excluding hydrogens is 524 g/mol. The van der Waals surface area contributed by atoms with Crippen molar-refractivity contribution in [3.05, 3.63) is 36.5 Å². The minimum atomic E-state index is -0.321. The van der Waals surface area contributed by atoms with E-state index in [0.717, 1.165) is 98.3 Å². The third-order valence-electron chi connectivity index (χ3n) is 8.62. The molecule has 2 aromatic heterocycles. The third-order valence-corrected chi connectivity index (χ3v) is 9.78. The van der Waals surface area contributed by atoms with E-state index in [1.807, 2.05) is 30.3 Å². The van der Waals surface area contributed by atoms with Crippen LogP contribution in [-0.4, -0.2) is 70.5 Å². The Morgan fingerprint density at radius 2 is 1.77 bits per heavy atom. The summed E-state index contributed by atoms with van der Waals surface area (Å²) in [6.07, 6.45) is 10.0. The Kier molecular flexibility index (Phi) is 7.56. The first-order chi connectivity index (χ1) is 19.7. The van der Waals surface area contributed by atoms with Gasteiger partial charge in [-0.25, -0.2) is 4.98 Å². The molecule has 0 amide bonds. The van der Waals surface area contributed by atoms with Gasteiger partial charge in [-0.15, -0.1) is 10.2 Å². The number of aromatic nitrogens is 3. The average Bonchev–Trinajstić information content (AvgIpc) is 3.71. The van der Waals surface area contributed by atoms with Crippen molar-refractivity contribution in [1.82, 2.24) is 15.2 Å². The van der Waals surface area contributed by atoms with E-state index < -0.39 is 0 Å². The molecule has 40 heavy (non-hydrogen) atoms. The number of hydrogen-bond acceptors (Lipinski definition) is 10. The molecule has 1 aliphatic carbocycles. The summed E-state index contributed by atoms with van der Waals surface area (Å²) < 4.78 is 16.2. The highest BCUT2D eigenvalue weighted by Crippen LogP contribution is 2.39. The number of anilines is 3. The molecule has 0 radical (unpaired) electrons. The number of hydrogen-bond donors (Lipinski definition) is 2. The fraction of sp³-hybridized carbons (Fsp3) is 0.567. The number of ether oxygens (including phenoxy) is 1. The van der Waals surface area contributed by atoms with Gasteiger partial charge in [-0.05, 0) is 93.6 Å². The van der Waals surface area contributed by atoms with Crippen LogP contribution in [0.3, 0.4) is 0 Å². The van der Waals surface area contributed by atoms with Crippen LogP contribution in [0.2, 0.25) is 0 Å². The zero-order valence-corrected chi connectivity index (χ0v) is 23.7. The van der Waals surface area contributed by atoms with Crippen molar-refractivity contribution in [2.45, 2.75) is 68.8 Å². The van der Waals surface area contributed by atoms with Crippen molar-refractivity contribution < 1.29 is 14.3 Å². The Balaban J connectivity index is 1.22. The second kappa shape index (κ2) is 11.6. The summed E-state index contributed by atoms with van der Waals surface area (Å²) in [4.78, 5) is 9.36. The zero-order valence-electron chi connectivity index (χ0n) is 22.9. The average molecular weight is 563 g/mol. The lowest BCUT2D eigenvalue weighted by atomic mass is 9.90. The monoisotopic (exact) mass is 562 g/mol. The molecule has 2 atom stereocenters. The summed E-state index contributed by atoms with van der Waals surface area (Å²) >= 11 is 1.81. The summed E-state index contributed by atoms with van der Waals surface area (Å²) in [5.74, 6) is 2.14. The highest BCUT2D eigenvalue weighted by Gasteiger charge is 2.29. The number of nitrogens with one attached hydrogen (secondary N) is 1. The van der Waals surface area contributed by atoms with Crippen LogP contribution in [0.25, 0.3) is 22.9 Å². The predicted octanol–water partition coefficient (Wildman–Crippen LogP) is 5.38. The maximum Gasteiger partial charge on any atom is 0.250 e. The maximum atomic E-state index is 11.0. The molecule has 3 fully saturated rings. The van der Waals surface area contributed by atoms with Crippen molar-refractivity contribution >= 4 is 29.1 Å². The lowest BCUT2D eigenvalue weighted by molar-refractivity contribution is 0.0224. The van der Waals surface area contributed by atoms with E-state index in [-0.39, 0.29) is 18.1 Å². The summed E-state index contributed by atoms with van der Waals surface area (Å²) in [5.41, 5.74) is 4.03. The first-order valence-corrected chi connectivity index (χ1v) is 15.7. The first-order valence-electron chi connectivity index (χ1n) is 14.9. The van der Waals surface area contributed by atoms with Gasteiger partial charge < -0.3 is 28.8 Å². The Hall–Kier alpha value is -2.82. The van der Waals surface area contributed by atoms with Crippen molar-refractivity contribution in [2.24, 2.45) is 5.92 Å². The van der Waals surface area contributed by atoms with Crippen LogP contribution in [0, 0.1) is 5.92 Å². The molecule has 1 aromatic carbocycles. The van der Waals surface area contributed by atoms with E-state index in [9.17, 15) is 5.11 Å². The van der Waals surface area contributed by atoms with Gasteiger partial charge in [-0.2, -0.15) is 0 Å². The number of benzene rings is 1. The summed E-state index contributed by atoms with van der Waals surface area (Å²) in [6.45, 7) is 4.25. The molecule has 8 bridgehead atoms. The molecule has 212 valence electrons. The Bertz CT molecular complexity index is 1310. The molecule has 1 saturated carbocycles. The standard InChI is InChI=1S/C30H38N6O3S/c37-27-4-2-16-38-23-10-14-35(15-11-23)26-18-22(34-40-24-6-7-24)5-8-25(26)30-33-32-29(39-30)20-9-12-31-28(17-20)36-13-1-3-21(27)19-36/h5,8-9,12,17-18,21,23-24,27,34,37H,1-4,6-7,10-11,13-16,19H2. The topological polar surface area (TPSA) is 99.8 Å². The molecule has 10 heteroatoms. The van der Waals surface area contributed by atoms with Crippen LogP contribution in [0.15, 0.2) is 40.9 Å². The number of nitrogens with zero attached hydrogens (tertiary/aromatic N) is 5. The Morgan fingerprint density at radius 3 is 2.65 bits per heavy atom. The van der Waals surface area contributed by atoms with E-state index in [1.165, 1.54) is 12.8 Å². The van der Waals surface area contributed by atoms with E-state index in [4.69, 9.17) is 9.15 Å². The number of piperidine rings is 2. The van der Waals surface area contributed by atoms with Crippen molar-refractivity contribution in [2.75, 3.05) is 47.3 Å². The molecule has 2 saturated heterocycles. The van der Waals surface area contributed by atoms with Gasteiger partial charge >= 0.3 is 0 Å². The molecule has 0 spiro atoms. The number of aliphatic hydroxyl groups excluding tert-OH is 1. The SMILES string of the molecule is OC1CCCOC2CCN(CC2)c2cc(NSC3CC3)ccc2-c2nnc(o2)-c2ccnc(c2)N2CCCC1C2. The van der Waals surface area contributed by atoms with Crippen molar-refractivity contribution in [1.29, 1.82) is 0 Å². The van der Waals surface area contributed by atoms with Gasteiger partial charge in [-0.3, -0.25) is 0 Å². The number of pyridine rings is 1. The van der Waals surface area contributed by atoms with Gasteiger partial charge in [0.1, 0.15) is 5.82 Å². The first kappa shape index (κ1) is 26.1. The third kappa shape index (κ3) is 5.80. The number of rotatable bonds is 3. The molecule has 2 unspecified atom stereocenters. The molecule has 4 aliphatic heterocycles. The van der Waals surface area contributed by atoms with Gasteiger partial charge in [-0.1, -0.05) is 0 Å². The van der Waals surface area contributed by atoms with Crippen molar-refractivity contribution in [3.63, 3.8) is 0 Å². The fourth-order valence-electron chi connectivity index (χ4n) is 6.12. The van der Waals surface area contributed by atoms with Gasteiger partial charge in [0.15, 0.2) is 0 Å². The molecule has 3 aromatic rings. The predicted molar refractivity (Wildman–Crippen MR) is 159 cm³/mol. The van der Waals surface area contributed by atoms with Gasteiger partial charge in [0.2, 0.25) is 11.8 Å². The zero-order chi connectivity index (χ0) is 26.9. The Labute approximate surface area is 239 Å². The minimum absolute atomic E-state index is 0.238. The highest BCUT2D eigenvalue weighted by atomic mass is 32.2. The largest absolute Gasteiger partial charge is 0.416 e. The Morgan fingerprint density at radius 1 is 0.900 bits per heavy atom. The smallest absolute Gasteiger partial charge is 0.250 e. The fourth-order valence-corrected chi connectivity index (χ4v) is 6.92. The maximum absolute atomic E-state index is 11.0. The normalized spacial score (nSPS) is 25.4. The molecule has 2 N–H and O–H groups in total. The van der Waals surface area contributed by atoms with Crippen LogP contribution in [-0.2, 0) is 4.74 Å². The van der Waals surface area contributed by atoms with E-state index >= 15 is 0 Å². The van der Waals surface area contributed by atoms with E-state index in [1.54, 1.807) is 0 Å². The lowest BCUT2D eigenvalue weighted by Gasteiger charge is -2.36. The minimum Gasteiger partial charge on any atom is -0.416 e. The molecule has 9 nitrogen and oxygen atoms in total.